The van der Waals surface area contributed by atoms with Crippen LogP contribution < -0.4 is 0 Å². The first-order valence-electron chi connectivity index (χ1n) is 3.41. The minimum Gasteiger partial charge on any atom is -0.481 e. The highest BCUT2D eigenvalue weighted by Gasteiger charge is 2.08. The molecule has 0 rings (SSSR count). The second-order valence-electron chi connectivity index (χ2n) is 2.38. The zero-order valence-corrected chi connectivity index (χ0v) is 6.05. The molecule has 1 atom stereocenters. The molecule has 1 N–H and O–H groups in total. The maximum absolute atomic E-state index is 10.2. The lowest BCUT2D eigenvalue weighted by atomic mass is 10.1. The quantitative estimate of drug-likeness (QED) is 0.631. The van der Waals surface area contributed by atoms with E-state index < -0.39 is 5.97 Å². The van der Waals surface area contributed by atoms with Gasteiger partial charge in [-0.05, 0) is 6.42 Å². The van der Waals surface area contributed by atoms with Crippen molar-refractivity contribution >= 4 is 5.97 Å². The van der Waals surface area contributed by atoms with E-state index in [-0.39, 0.29) is 5.92 Å². The highest BCUT2D eigenvalue weighted by atomic mass is 16.4. The molecule has 0 aromatic heterocycles. The summed E-state index contributed by atoms with van der Waals surface area (Å²) in [5.74, 6) is -0.839. The van der Waals surface area contributed by atoms with Crippen LogP contribution in [0.2, 0.25) is 0 Å². The van der Waals surface area contributed by atoms with Gasteiger partial charge in [-0.1, -0.05) is 26.7 Å². The molecule has 54 valence electrons. The van der Waals surface area contributed by atoms with Gasteiger partial charge in [0.2, 0.25) is 0 Å². The van der Waals surface area contributed by atoms with Gasteiger partial charge >= 0.3 is 5.97 Å². The summed E-state index contributed by atoms with van der Waals surface area (Å²) in [7, 11) is 0. The van der Waals surface area contributed by atoms with E-state index in [0.717, 1.165) is 19.3 Å². The average molecular weight is 130 g/mol. The van der Waals surface area contributed by atoms with E-state index in [2.05, 4.69) is 6.92 Å². The van der Waals surface area contributed by atoms with Crippen LogP contribution in [0.25, 0.3) is 0 Å². The third-order valence-corrected chi connectivity index (χ3v) is 1.41. The van der Waals surface area contributed by atoms with Gasteiger partial charge in [-0.2, -0.15) is 0 Å². The Bertz CT molecular complexity index is 88.9. The highest BCUT2D eigenvalue weighted by molar-refractivity contribution is 5.69. The van der Waals surface area contributed by atoms with Crippen LogP contribution in [0, 0.1) is 5.92 Å². The van der Waals surface area contributed by atoms with Crippen LogP contribution in [0.15, 0.2) is 0 Å². The van der Waals surface area contributed by atoms with Gasteiger partial charge in [-0.3, -0.25) is 4.79 Å². The second-order valence-corrected chi connectivity index (χ2v) is 2.38. The molecule has 2 heteroatoms. The van der Waals surface area contributed by atoms with Crippen molar-refractivity contribution in [1.82, 2.24) is 0 Å². The zero-order valence-electron chi connectivity index (χ0n) is 6.05. The van der Waals surface area contributed by atoms with Crippen molar-refractivity contribution in [3.63, 3.8) is 0 Å². The molecule has 0 aromatic carbocycles. The van der Waals surface area contributed by atoms with E-state index in [4.69, 9.17) is 5.11 Å². The van der Waals surface area contributed by atoms with Crippen molar-refractivity contribution in [2.75, 3.05) is 0 Å². The molecule has 0 bridgehead atoms. The monoisotopic (exact) mass is 130 g/mol. The van der Waals surface area contributed by atoms with Crippen molar-refractivity contribution < 1.29 is 9.90 Å². The Kier molecular flexibility index (Phi) is 4.10. The van der Waals surface area contributed by atoms with Crippen molar-refractivity contribution in [2.24, 2.45) is 5.92 Å². The molecule has 0 unspecified atom stereocenters. The van der Waals surface area contributed by atoms with E-state index in [1.54, 1.807) is 6.92 Å². The van der Waals surface area contributed by atoms with Gasteiger partial charge in [0.25, 0.3) is 0 Å². The Balaban J connectivity index is 3.27. The summed E-state index contributed by atoms with van der Waals surface area (Å²) < 4.78 is 0. The molecule has 0 aliphatic carbocycles. The molecule has 0 aromatic rings. The first-order valence-corrected chi connectivity index (χ1v) is 3.41. The molecule has 0 amide bonds. The van der Waals surface area contributed by atoms with Crippen LogP contribution in [0.1, 0.15) is 33.1 Å². The normalized spacial score (nSPS) is 13.1. The number of rotatable bonds is 4. The molecule has 0 heterocycles. The van der Waals surface area contributed by atoms with Gasteiger partial charge in [0.15, 0.2) is 0 Å². The Labute approximate surface area is 55.9 Å². The van der Waals surface area contributed by atoms with Crippen molar-refractivity contribution in [1.29, 1.82) is 0 Å². The number of carbonyl (C=O) groups is 1. The molecule has 2 nitrogen and oxygen atoms in total. The molecule has 0 saturated carbocycles. The molecular formula is C7H14O2. The Morgan fingerprint density at radius 2 is 2.22 bits per heavy atom. The maximum Gasteiger partial charge on any atom is 0.306 e. The number of carboxylic acids is 1. The Morgan fingerprint density at radius 1 is 1.67 bits per heavy atom. The lowest BCUT2D eigenvalue weighted by molar-refractivity contribution is -0.141. The second kappa shape index (κ2) is 4.36. The predicted molar refractivity (Wildman–Crippen MR) is 36.3 cm³/mol. The van der Waals surface area contributed by atoms with Gasteiger partial charge in [-0.15, -0.1) is 0 Å². The number of hydrogen-bond acceptors (Lipinski definition) is 1. The lowest BCUT2D eigenvalue weighted by Gasteiger charge is -2.02. The fourth-order valence-corrected chi connectivity index (χ4v) is 0.634. The molecule has 0 aliphatic heterocycles. The van der Waals surface area contributed by atoms with Crippen LogP contribution in [0.3, 0.4) is 0 Å². The number of carboxylic acid groups (broad SMARTS) is 1. The molecule has 0 spiro atoms. The largest absolute Gasteiger partial charge is 0.481 e. The lowest BCUT2D eigenvalue weighted by Crippen LogP contribution is -2.08. The predicted octanol–water partition coefficient (Wildman–Crippen LogP) is 1.90. The third kappa shape index (κ3) is 4.01. The smallest absolute Gasteiger partial charge is 0.306 e. The van der Waals surface area contributed by atoms with Gasteiger partial charge in [0, 0.05) is 0 Å². The highest BCUT2D eigenvalue weighted by Crippen LogP contribution is 2.06. The molecule has 0 saturated heterocycles. The summed E-state index contributed by atoms with van der Waals surface area (Å²) in [5, 5.41) is 8.41. The van der Waals surface area contributed by atoms with Crippen molar-refractivity contribution in [3.8, 4) is 0 Å². The van der Waals surface area contributed by atoms with Crippen LogP contribution in [-0.4, -0.2) is 11.1 Å². The minimum absolute atomic E-state index is 0.162. The fraction of sp³-hybridized carbons (Fsp3) is 0.857. The van der Waals surface area contributed by atoms with Crippen molar-refractivity contribution in [2.45, 2.75) is 33.1 Å². The summed E-state index contributed by atoms with van der Waals surface area (Å²) in [6.45, 7) is 3.81. The fourth-order valence-electron chi connectivity index (χ4n) is 0.634. The van der Waals surface area contributed by atoms with E-state index >= 15 is 0 Å². The molecule has 0 fully saturated rings. The summed E-state index contributed by atoms with van der Waals surface area (Å²) in [6.07, 6.45) is 2.91. The first-order chi connectivity index (χ1) is 4.18. The van der Waals surface area contributed by atoms with Gasteiger partial charge in [0.1, 0.15) is 0 Å². The minimum atomic E-state index is -0.677. The van der Waals surface area contributed by atoms with E-state index in [9.17, 15) is 4.79 Å². The number of unbranched alkanes of at least 4 members (excludes halogenated alkanes) is 1. The van der Waals surface area contributed by atoms with Gasteiger partial charge in [-0.25, -0.2) is 0 Å². The molecule has 9 heavy (non-hydrogen) atoms. The Hall–Kier alpha value is -0.530. The molecule has 0 aliphatic rings. The summed E-state index contributed by atoms with van der Waals surface area (Å²) in [6, 6.07) is 0. The molecular weight excluding hydrogens is 116 g/mol. The van der Waals surface area contributed by atoms with E-state index in [0.29, 0.717) is 0 Å². The summed E-state index contributed by atoms with van der Waals surface area (Å²) in [5.41, 5.74) is 0. The number of hydrogen-bond donors (Lipinski definition) is 1. The standard InChI is InChI=1S/C7H14O2/c1-3-4-5-6(2)7(8)9/h6H,3-5H2,1-2H3,(H,8,9)/t6-/m1/s1. The SMILES string of the molecule is CCCC[C@@H](C)C(=O)O. The van der Waals surface area contributed by atoms with Crippen LogP contribution in [-0.2, 0) is 4.79 Å². The van der Waals surface area contributed by atoms with Gasteiger partial charge in [0.05, 0.1) is 5.92 Å². The zero-order chi connectivity index (χ0) is 7.28. The van der Waals surface area contributed by atoms with Crippen molar-refractivity contribution in [3.05, 3.63) is 0 Å². The summed E-state index contributed by atoms with van der Waals surface area (Å²) in [4.78, 5) is 10.2. The van der Waals surface area contributed by atoms with Gasteiger partial charge < -0.3 is 5.11 Å². The first kappa shape index (κ1) is 8.47. The Morgan fingerprint density at radius 3 is 2.56 bits per heavy atom. The maximum atomic E-state index is 10.2. The molecule has 0 radical (unpaired) electrons. The van der Waals surface area contributed by atoms with E-state index in [1.807, 2.05) is 0 Å². The van der Waals surface area contributed by atoms with Crippen LogP contribution >= 0.6 is 0 Å². The average Bonchev–Trinajstić information content (AvgIpc) is 1.82. The number of aliphatic carboxylic acids is 1. The summed E-state index contributed by atoms with van der Waals surface area (Å²) >= 11 is 0. The van der Waals surface area contributed by atoms with E-state index in [1.165, 1.54) is 0 Å². The van der Waals surface area contributed by atoms with Crippen LogP contribution in [0.4, 0.5) is 0 Å². The topological polar surface area (TPSA) is 37.3 Å². The third-order valence-electron chi connectivity index (χ3n) is 1.41. The van der Waals surface area contributed by atoms with Crippen LogP contribution in [0.5, 0.6) is 0 Å².